The Balaban J connectivity index is 4.14. The average molecular weight is 326 g/mol. The number of rotatable bonds is 6. The number of carbonyl (C=O) groups is 2. The summed E-state index contributed by atoms with van der Waals surface area (Å²) in [4.78, 5) is 22.4. The summed E-state index contributed by atoms with van der Waals surface area (Å²) < 4.78 is 40.7. The first kappa shape index (κ1) is 18.9. The molecule has 10 heteroatoms. The minimum Gasteiger partial charge on any atom is -0.447 e. The summed E-state index contributed by atoms with van der Waals surface area (Å²) in [6, 6.07) is 0. The quantitative estimate of drug-likeness (QED) is 0.541. The third kappa shape index (κ3) is 6.36. The summed E-state index contributed by atoms with van der Waals surface area (Å²) in [5.41, 5.74) is -1.99. The molecule has 0 heterocycles. The third-order valence-electron chi connectivity index (χ3n) is 1.80. The standard InChI is InChI=1S/C10H16O8P2/c1-15-20(14,16-2)10(12)18-8-6-5-7-17-9(11)19(3,4)13/h7-8H2,1-4H3. The van der Waals surface area contributed by atoms with Gasteiger partial charge in [0.1, 0.15) is 0 Å². The fraction of sp³-hybridized carbons (Fsp3) is 0.600. The van der Waals surface area contributed by atoms with E-state index in [0.29, 0.717) is 0 Å². The van der Waals surface area contributed by atoms with Crippen molar-refractivity contribution in [3.8, 4) is 11.8 Å². The minimum absolute atomic E-state index is 0.283. The van der Waals surface area contributed by atoms with E-state index in [1.54, 1.807) is 0 Å². The van der Waals surface area contributed by atoms with E-state index >= 15 is 0 Å². The van der Waals surface area contributed by atoms with Gasteiger partial charge in [-0.15, -0.1) is 0 Å². The molecule has 0 spiro atoms. The molecule has 0 rings (SSSR count). The Hall–Kier alpha value is -1.12. The van der Waals surface area contributed by atoms with E-state index in [4.69, 9.17) is 0 Å². The molecule has 0 saturated heterocycles. The molecule has 0 bridgehead atoms. The molecule has 0 unspecified atom stereocenters. The summed E-state index contributed by atoms with van der Waals surface area (Å²) in [5.74, 6) is 4.72. The van der Waals surface area contributed by atoms with Crippen LogP contribution in [0.1, 0.15) is 0 Å². The Morgan fingerprint density at radius 3 is 1.65 bits per heavy atom. The molecule has 0 aliphatic carbocycles. The van der Waals surface area contributed by atoms with E-state index in [1.807, 2.05) is 0 Å². The highest BCUT2D eigenvalue weighted by Gasteiger charge is 2.34. The third-order valence-corrected chi connectivity index (χ3v) is 4.35. The van der Waals surface area contributed by atoms with Gasteiger partial charge in [0.05, 0.1) is 0 Å². The Kier molecular flexibility index (Phi) is 7.77. The van der Waals surface area contributed by atoms with E-state index in [-0.39, 0.29) is 13.2 Å². The highest BCUT2D eigenvalue weighted by molar-refractivity contribution is 7.78. The normalized spacial score (nSPS) is 11.2. The highest BCUT2D eigenvalue weighted by atomic mass is 31.2. The molecular weight excluding hydrogens is 310 g/mol. The Bertz CT molecular complexity index is 501. The lowest BCUT2D eigenvalue weighted by Gasteiger charge is -2.10. The van der Waals surface area contributed by atoms with Gasteiger partial charge in [-0.05, 0) is 13.3 Å². The van der Waals surface area contributed by atoms with Crippen LogP contribution < -0.4 is 0 Å². The lowest BCUT2D eigenvalue weighted by molar-refractivity contribution is 0.169. The van der Waals surface area contributed by atoms with Crippen molar-refractivity contribution in [1.82, 2.24) is 0 Å². The smallest absolute Gasteiger partial charge is 0.437 e. The second-order valence-electron chi connectivity index (χ2n) is 3.68. The average Bonchev–Trinajstić information content (AvgIpc) is 2.39. The number of ether oxygens (including phenoxy) is 2. The van der Waals surface area contributed by atoms with Crippen molar-refractivity contribution in [2.24, 2.45) is 0 Å². The van der Waals surface area contributed by atoms with E-state index in [0.717, 1.165) is 14.2 Å². The van der Waals surface area contributed by atoms with Crippen LogP contribution in [0.15, 0.2) is 0 Å². The molecule has 0 aromatic carbocycles. The molecule has 0 saturated carbocycles. The van der Waals surface area contributed by atoms with Gasteiger partial charge in [-0.3, -0.25) is 0 Å². The van der Waals surface area contributed by atoms with Crippen LogP contribution in [-0.4, -0.2) is 52.2 Å². The zero-order valence-electron chi connectivity index (χ0n) is 11.6. The van der Waals surface area contributed by atoms with Crippen molar-refractivity contribution in [1.29, 1.82) is 0 Å². The summed E-state index contributed by atoms with van der Waals surface area (Å²) in [6.45, 7) is 1.90. The largest absolute Gasteiger partial charge is 0.447 e. The summed E-state index contributed by atoms with van der Waals surface area (Å²) in [5, 5.41) is 0. The highest BCUT2D eigenvalue weighted by Crippen LogP contribution is 2.48. The van der Waals surface area contributed by atoms with Gasteiger partial charge in [-0.1, -0.05) is 11.8 Å². The van der Waals surface area contributed by atoms with Gasteiger partial charge >= 0.3 is 19.0 Å². The van der Waals surface area contributed by atoms with Crippen LogP contribution >= 0.6 is 14.7 Å². The topological polar surface area (TPSA) is 105 Å². The first-order chi connectivity index (χ1) is 9.17. The molecule has 0 amide bonds. The maximum Gasteiger partial charge on any atom is 0.437 e. The van der Waals surface area contributed by atoms with Gasteiger partial charge in [0.2, 0.25) is 0 Å². The van der Waals surface area contributed by atoms with E-state index in [9.17, 15) is 18.7 Å². The van der Waals surface area contributed by atoms with Gasteiger partial charge in [0.15, 0.2) is 20.4 Å². The first-order valence-electron chi connectivity index (χ1n) is 5.24. The van der Waals surface area contributed by atoms with Crippen LogP contribution in [-0.2, 0) is 27.7 Å². The molecule has 0 aromatic rings. The monoisotopic (exact) mass is 326 g/mol. The molecule has 0 atom stereocenters. The Labute approximate surface area is 117 Å². The summed E-state index contributed by atoms with van der Waals surface area (Å²) in [6.07, 6.45) is 0. The summed E-state index contributed by atoms with van der Waals surface area (Å²) >= 11 is 0. The maximum atomic E-state index is 11.5. The predicted molar refractivity (Wildman–Crippen MR) is 71.6 cm³/mol. The van der Waals surface area contributed by atoms with Crippen molar-refractivity contribution in [3.05, 3.63) is 0 Å². The predicted octanol–water partition coefficient (Wildman–Crippen LogP) is 2.37. The molecule has 0 fully saturated rings. The maximum absolute atomic E-state index is 11.5. The lowest BCUT2D eigenvalue weighted by Crippen LogP contribution is -2.07. The molecule has 0 N–H and O–H groups in total. The van der Waals surface area contributed by atoms with Crippen LogP contribution in [0, 0.1) is 11.8 Å². The Morgan fingerprint density at radius 2 is 1.30 bits per heavy atom. The number of hydrogen-bond donors (Lipinski definition) is 0. The van der Waals surface area contributed by atoms with Crippen LogP contribution in [0.5, 0.6) is 0 Å². The van der Waals surface area contributed by atoms with Gasteiger partial charge in [-0.2, -0.15) is 0 Å². The van der Waals surface area contributed by atoms with E-state index in [1.165, 1.54) is 13.3 Å². The molecule has 8 nitrogen and oxygen atoms in total. The van der Waals surface area contributed by atoms with Gasteiger partial charge < -0.3 is 23.1 Å². The molecule has 0 aliphatic heterocycles. The molecule has 0 aromatic heterocycles. The van der Waals surface area contributed by atoms with Crippen molar-refractivity contribution >= 4 is 26.2 Å². The van der Waals surface area contributed by atoms with Crippen molar-refractivity contribution in [2.45, 2.75) is 0 Å². The molecular formula is C10H16O8P2. The van der Waals surface area contributed by atoms with E-state index in [2.05, 4.69) is 30.4 Å². The minimum atomic E-state index is -3.92. The second kappa shape index (κ2) is 8.23. The zero-order chi connectivity index (χ0) is 15.8. The zero-order valence-corrected chi connectivity index (χ0v) is 13.4. The molecule has 0 radical (unpaired) electrons. The van der Waals surface area contributed by atoms with Crippen LogP contribution in [0.3, 0.4) is 0 Å². The fourth-order valence-electron chi connectivity index (χ4n) is 0.756. The number of hydrogen-bond acceptors (Lipinski definition) is 8. The SMILES string of the molecule is COP(=O)(OC)C(=O)OCC#CCOC(=O)P(C)(C)=O. The van der Waals surface area contributed by atoms with E-state index < -0.39 is 26.2 Å². The van der Waals surface area contributed by atoms with Gasteiger partial charge in [-0.25, -0.2) is 14.2 Å². The second-order valence-corrected chi connectivity index (χ2v) is 8.83. The van der Waals surface area contributed by atoms with Crippen molar-refractivity contribution in [2.75, 3.05) is 40.8 Å². The van der Waals surface area contributed by atoms with Gasteiger partial charge in [0, 0.05) is 14.2 Å². The van der Waals surface area contributed by atoms with Crippen molar-refractivity contribution in [3.63, 3.8) is 0 Å². The first-order valence-corrected chi connectivity index (χ1v) is 9.38. The van der Waals surface area contributed by atoms with Crippen LogP contribution in [0.25, 0.3) is 0 Å². The van der Waals surface area contributed by atoms with Crippen LogP contribution in [0.2, 0.25) is 0 Å². The van der Waals surface area contributed by atoms with Crippen LogP contribution in [0.4, 0.5) is 9.59 Å². The Morgan fingerprint density at radius 1 is 0.900 bits per heavy atom. The molecule has 20 heavy (non-hydrogen) atoms. The number of carbonyl (C=O) groups excluding carboxylic acids is 2. The molecule has 0 aliphatic rings. The lowest BCUT2D eigenvalue weighted by atomic mass is 10.6. The fourth-order valence-corrected chi connectivity index (χ4v) is 1.80. The molecule has 114 valence electrons. The van der Waals surface area contributed by atoms with Gasteiger partial charge in [0.25, 0.3) is 0 Å². The summed E-state index contributed by atoms with van der Waals surface area (Å²) in [7, 11) is -4.77. The van der Waals surface area contributed by atoms with Crippen molar-refractivity contribution < 1.29 is 37.2 Å².